The Balaban J connectivity index is 1.39. The van der Waals surface area contributed by atoms with E-state index in [1.54, 1.807) is 16.2 Å². The van der Waals surface area contributed by atoms with E-state index >= 15 is 0 Å². The van der Waals surface area contributed by atoms with E-state index in [0.717, 1.165) is 53.9 Å². The lowest BCUT2D eigenvalue weighted by Crippen LogP contribution is -2.49. The van der Waals surface area contributed by atoms with Gasteiger partial charge in [-0.1, -0.05) is 31.2 Å². The average molecular weight is 422 g/mol. The molecule has 1 aliphatic rings. The number of aromatic nitrogens is 1. The molecule has 1 aromatic heterocycles. The Hall–Kier alpha value is -2.73. The second-order valence-electron chi connectivity index (χ2n) is 7.79. The molecule has 2 amide bonds. The normalized spacial score (nSPS) is 16.6. The van der Waals surface area contributed by atoms with Crippen LogP contribution < -0.4 is 5.32 Å². The van der Waals surface area contributed by atoms with Gasteiger partial charge in [0.1, 0.15) is 6.04 Å². The largest absolute Gasteiger partial charge is 0.331 e. The van der Waals surface area contributed by atoms with Crippen molar-refractivity contribution in [3.63, 3.8) is 0 Å². The van der Waals surface area contributed by atoms with Crippen LogP contribution in [0.4, 0.5) is 5.69 Å². The van der Waals surface area contributed by atoms with Crippen molar-refractivity contribution >= 4 is 39.1 Å². The summed E-state index contributed by atoms with van der Waals surface area (Å²) < 4.78 is 1.20. The maximum absolute atomic E-state index is 12.8. The van der Waals surface area contributed by atoms with Crippen molar-refractivity contribution < 1.29 is 9.59 Å². The molecule has 4 rings (SSSR count). The molecular formula is C24H27N3O2S. The molecule has 1 unspecified atom stereocenters. The van der Waals surface area contributed by atoms with Crippen LogP contribution in [0, 0.1) is 0 Å². The molecule has 0 aliphatic carbocycles. The van der Waals surface area contributed by atoms with Crippen molar-refractivity contribution in [3.05, 3.63) is 59.1 Å². The zero-order valence-electron chi connectivity index (χ0n) is 17.3. The van der Waals surface area contributed by atoms with Gasteiger partial charge in [0.15, 0.2) is 0 Å². The fourth-order valence-corrected chi connectivity index (χ4v) is 4.96. The Morgan fingerprint density at radius 1 is 1.13 bits per heavy atom. The third-order valence-electron chi connectivity index (χ3n) is 5.50. The number of amides is 2. The lowest BCUT2D eigenvalue weighted by molar-refractivity contribution is -0.140. The molecule has 5 nitrogen and oxygen atoms in total. The highest BCUT2D eigenvalue weighted by Gasteiger charge is 2.31. The molecule has 2 aromatic carbocycles. The molecule has 0 saturated carbocycles. The first-order valence-corrected chi connectivity index (χ1v) is 11.5. The molecule has 1 N–H and O–H groups in total. The first kappa shape index (κ1) is 20.5. The molecule has 30 heavy (non-hydrogen) atoms. The Morgan fingerprint density at radius 3 is 2.70 bits per heavy atom. The van der Waals surface area contributed by atoms with Crippen LogP contribution in [-0.4, -0.2) is 34.3 Å². The summed E-state index contributed by atoms with van der Waals surface area (Å²) in [6.45, 7) is 2.67. The van der Waals surface area contributed by atoms with Crippen LogP contribution in [0.1, 0.15) is 49.6 Å². The lowest BCUT2D eigenvalue weighted by atomic mass is 10.0. The first-order chi connectivity index (χ1) is 14.6. The molecule has 1 saturated heterocycles. The number of hydrogen-bond donors (Lipinski definition) is 1. The zero-order valence-corrected chi connectivity index (χ0v) is 18.1. The van der Waals surface area contributed by atoms with Crippen LogP contribution in [-0.2, 0) is 16.0 Å². The standard InChI is InChI=1S/C24H27N3O2S/c1-2-7-23(28)27-15-6-5-9-20(27)24(29)25-18-13-11-17(12-14-18)16-22-26-19-8-3-4-10-21(19)30-22/h3-4,8,10-14,20H,2,5-7,9,15-16H2,1H3,(H,25,29). The van der Waals surface area contributed by atoms with Gasteiger partial charge in [-0.3, -0.25) is 9.59 Å². The molecule has 0 spiro atoms. The summed E-state index contributed by atoms with van der Waals surface area (Å²) in [5.74, 6) is 0.00149. The minimum atomic E-state index is -0.361. The molecule has 0 bridgehead atoms. The first-order valence-electron chi connectivity index (χ1n) is 10.7. The van der Waals surface area contributed by atoms with Gasteiger partial charge >= 0.3 is 0 Å². The minimum Gasteiger partial charge on any atom is -0.331 e. The van der Waals surface area contributed by atoms with Gasteiger partial charge in [0, 0.05) is 25.1 Å². The van der Waals surface area contributed by atoms with Crippen molar-refractivity contribution in [3.8, 4) is 0 Å². The monoisotopic (exact) mass is 421 g/mol. The molecule has 1 aliphatic heterocycles. The zero-order chi connectivity index (χ0) is 20.9. The van der Waals surface area contributed by atoms with E-state index in [0.29, 0.717) is 13.0 Å². The van der Waals surface area contributed by atoms with Gasteiger partial charge in [0.05, 0.1) is 15.2 Å². The van der Waals surface area contributed by atoms with Gasteiger partial charge < -0.3 is 10.2 Å². The number of carbonyl (C=O) groups excluding carboxylic acids is 2. The summed E-state index contributed by atoms with van der Waals surface area (Å²) in [5.41, 5.74) is 2.96. The Labute approximate surface area is 181 Å². The number of likely N-dealkylation sites (tertiary alicyclic amines) is 1. The van der Waals surface area contributed by atoms with E-state index in [-0.39, 0.29) is 17.9 Å². The molecule has 0 radical (unpaired) electrons. The Bertz CT molecular complexity index is 995. The highest BCUT2D eigenvalue weighted by molar-refractivity contribution is 7.18. The van der Waals surface area contributed by atoms with E-state index in [1.807, 2.05) is 49.4 Å². The molecule has 1 atom stereocenters. The maximum atomic E-state index is 12.8. The quantitative estimate of drug-likeness (QED) is 0.609. The molecule has 156 valence electrons. The topological polar surface area (TPSA) is 62.3 Å². The van der Waals surface area contributed by atoms with Crippen LogP contribution in [0.15, 0.2) is 48.5 Å². The summed E-state index contributed by atoms with van der Waals surface area (Å²) in [6.07, 6.45) is 4.77. The van der Waals surface area contributed by atoms with Gasteiger partial charge in [-0.25, -0.2) is 4.98 Å². The number of nitrogens with zero attached hydrogens (tertiary/aromatic N) is 2. The number of anilines is 1. The van der Waals surface area contributed by atoms with E-state index in [2.05, 4.69) is 11.4 Å². The van der Waals surface area contributed by atoms with Gasteiger partial charge in [-0.05, 0) is 55.5 Å². The summed E-state index contributed by atoms with van der Waals surface area (Å²) in [7, 11) is 0. The SMILES string of the molecule is CCCC(=O)N1CCCCC1C(=O)Nc1ccc(Cc2nc3ccccc3s2)cc1. The van der Waals surface area contributed by atoms with Crippen LogP contribution in [0.25, 0.3) is 10.2 Å². The second-order valence-corrected chi connectivity index (χ2v) is 8.90. The summed E-state index contributed by atoms with van der Waals surface area (Å²) in [6, 6.07) is 15.7. The number of nitrogens with one attached hydrogen (secondary N) is 1. The van der Waals surface area contributed by atoms with Crippen molar-refractivity contribution in [1.82, 2.24) is 9.88 Å². The fraction of sp³-hybridized carbons (Fsp3) is 0.375. The summed E-state index contributed by atoms with van der Waals surface area (Å²) in [5, 5.41) is 4.09. The number of fused-ring (bicyclic) bond motifs is 1. The lowest BCUT2D eigenvalue weighted by Gasteiger charge is -2.34. The molecule has 2 heterocycles. The van der Waals surface area contributed by atoms with Gasteiger partial charge in [-0.15, -0.1) is 11.3 Å². The number of piperidine rings is 1. The molecule has 1 fully saturated rings. The molecule has 6 heteroatoms. The van der Waals surface area contributed by atoms with Crippen molar-refractivity contribution in [2.24, 2.45) is 0 Å². The number of para-hydroxylation sites is 1. The number of thiazole rings is 1. The van der Waals surface area contributed by atoms with Gasteiger partial charge in [-0.2, -0.15) is 0 Å². The van der Waals surface area contributed by atoms with Crippen LogP contribution >= 0.6 is 11.3 Å². The predicted octanol–water partition coefficient (Wildman–Crippen LogP) is 5.01. The fourth-order valence-electron chi connectivity index (χ4n) is 3.96. The molecular weight excluding hydrogens is 394 g/mol. The van der Waals surface area contributed by atoms with Crippen LogP contribution in [0.2, 0.25) is 0 Å². The van der Waals surface area contributed by atoms with E-state index in [1.165, 1.54) is 4.70 Å². The van der Waals surface area contributed by atoms with E-state index < -0.39 is 0 Å². The number of rotatable bonds is 6. The van der Waals surface area contributed by atoms with E-state index in [9.17, 15) is 9.59 Å². The maximum Gasteiger partial charge on any atom is 0.247 e. The van der Waals surface area contributed by atoms with Crippen molar-refractivity contribution in [2.75, 3.05) is 11.9 Å². The van der Waals surface area contributed by atoms with Crippen LogP contribution in [0.3, 0.4) is 0 Å². The smallest absolute Gasteiger partial charge is 0.247 e. The minimum absolute atomic E-state index is 0.0851. The highest BCUT2D eigenvalue weighted by atomic mass is 32.1. The number of carbonyl (C=O) groups is 2. The van der Waals surface area contributed by atoms with Crippen LogP contribution in [0.5, 0.6) is 0 Å². The summed E-state index contributed by atoms with van der Waals surface area (Å²) in [4.78, 5) is 31.7. The van der Waals surface area contributed by atoms with Crippen molar-refractivity contribution in [2.45, 2.75) is 51.5 Å². The predicted molar refractivity (Wildman–Crippen MR) is 122 cm³/mol. The molecule has 3 aromatic rings. The average Bonchev–Trinajstić information content (AvgIpc) is 3.17. The third kappa shape index (κ3) is 4.70. The van der Waals surface area contributed by atoms with Crippen molar-refractivity contribution in [1.29, 1.82) is 0 Å². The number of benzene rings is 2. The highest BCUT2D eigenvalue weighted by Crippen LogP contribution is 2.24. The van der Waals surface area contributed by atoms with E-state index in [4.69, 9.17) is 4.98 Å². The van der Waals surface area contributed by atoms with Gasteiger partial charge in [0.2, 0.25) is 11.8 Å². The van der Waals surface area contributed by atoms with Gasteiger partial charge in [0.25, 0.3) is 0 Å². The summed E-state index contributed by atoms with van der Waals surface area (Å²) >= 11 is 1.71. The third-order valence-corrected chi connectivity index (χ3v) is 6.54. The Kier molecular flexibility index (Phi) is 6.43. The second kappa shape index (κ2) is 9.39. The number of hydrogen-bond acceptors (Lipinski definition) is 4. The Morgan fingerprint density at radius 2 is 1.93 bits per heavy atom.